The maximum Gasteiger partial charge on any atom is 0.251 e. The second kappa shape index (κ2) is 6.08. The molecular formula is C12H12BrN3OS. The lowest BCUT2D eigenvalue weighted by atomic mass is 10.2. The number of halogens is 1. The molecule has 3 N–H and O–H groups in total. The van der Waals surface area contributed by atoms with E-state index in [0.717, 1.165) is 9.35 Å². The fraction of sp³-hybridized carbons (Fsp3) is 0.167. The van der Waals surface area contributed by atoms with E-state index in [1.165, 1.54) is 0 Å². The van der Waals surface area contributed by atoms with Gasteiger partial charge in [-0.1, -0.05) is 0 Å². The lowest BCUT2D eigenvalue weighted by Gasteiger charge is -2.04. The lowest BCUT2D eigenvalue weighted by molar-refractivity contribution is 0.0951. The number of rotatable bonds is 4. The molecule has 0 radical (unpaired) electrons. The van der Waals surface area contributed by atoms with Crippen molar-refractivity contribution >= 4 is 33.2 Å². The van der Waals surface area contributed by atoms with Gasteiger partial charge in [0.05, 0.1) is 12.2 Å². The molecule has 0 saturated carbocycles. The van der Waals surface area contributed by atoms with E-state index in [-0.39, 0.29) is 5.91 Å². The molecule has 4 nitrogen and oxygen atoms in total. The van der Waals surface area contributed by atoms with Crippen LogP contribution in [0.15, 0.2) is 34.2 Å². The van der Waals surface area contributed by atoms with Crippen molar-refractivity contribution in [3.05, 3.63) is 50.4 Å². The SMILES string of the molecule is NCc1cc(C(=O)NCc2cc(Br)cs2)ccn1. The molecule has 0 aromatic carbocycles. The third-order valence-corrected chi connectivity index (χ3v) is 4.03. The van der Waals surface area contributed by atoms with Crippen molar-refractivity contribution in [1.82, 2.24) is 10.3 Å². The van der Waals surface area contributed by atoms with Crippen LogP contribution in [0.2, 0.25) is 0 Å². The lowest BCUT2D eigenvalue weighted by Crippen LogP contribution is -2.22. The summed E-state index contributed by atoms with van der Waals surface area (Å²) < 4.78 is 1.03. The first-order chi connectivity index (χ1) is 8.69. The quantitative estimate of drug-likeness (QED) is 0.906. The minimum atomic E-state index is -0.114. The van der Waals surface area contributed by atoms with Crippen LogP contribution >= 0.6 is 27.3 Å². The number of amides is 1. The second-order valence-corrected chi connectivity index (χ2v) is 5.57. The number of nitrogens with two attached hydrogens (primary N) is 1. The molecule has 6 heteroatoms. The van der Waals surface area contributed by atoms with Crippen molar-refractivity contribution < 1.29 is 4.79 Å². The molecule has 2 aromatic rings. The number of nitrogens with one attached hydrogen (secondary N) is 1. The van der Waals surface area contributed by atoms with Crippen molar-refractivity contribution in [2.75, 3.05) is 0 Å². The van der Waals surface area contributed by atoms with Crippen LogP contribution < -0.4 is 11.1 Å². The Hall–Kier alpha value is -1.24. The molecule has 2 heterocycles. The predicted molar refractivity (Wildman–Crippen MR) is 75.3 cm³/mol. The smallest absolute Gasteiger partial charge is 0.251 e. The highest BCUT2D eigenvalue weighted by atomic mass is 79.9. The van der Waals surface area contributed by atoms with Gasteiger partial charge in [-0.25, -0.2) is 0 Å². The number of aromatic nitrogens is 1. The normalized spacial score (nSPS) is 10.3. The summed E-state index contributed by atoms with van der Waals surface area (Å²) in [4.78, 5) is 17.1. The minimum absolute atomic E-state index is 0.114. The van der Waals surface area contributed by atoms with Gasteiger partial charge in [0.2, 0.25) is 0 Å². The molecule has 0 bridgehead atoms. The molecule has 18 heavy (non-hydrogen) atoms. The van der Waals surface area contributed by atoms with E-state index in [2.05, 4.69) is 26.2 Å². The molecule has 0 unspecified atom stereocenters. The zero-order chi connectivity index (χ0) is 13.0. The predicted octanol–water partition coefficient (Wildman–Crippen LogP) is 2.29. The molecule has 2 aromatic heterocycles. The molecule has 0 spiro atoms. The number of carbonyl (C=O) groups excluding carboxylic acids is 1. The highest BCUT2D eigenvalue weighted by molar-refractivity contribution is 9.10. The third-order valence-electron chi connectivity index (χ3n) is 2.33. The molecule has 1 amide bonds. The Bertz CT molecular complexity index is 556. The van der Waals surface area contributed by atoms with Crippen LogP contribution in [0.1, 0.15) is 20.9 Å². The van der Waals surface area contributed by atoms with Gasteiger partial charge >= 0.3 is 0 Å². The molecule has 0 atom stereocenters. The van der Waals surface area contributed by atoms with Crippen molar-refractivity contribution in [2.45, 2.75) is 13.1 Å². The molecule has 0 saturated heterocycles. The van der Waals surface area contributed by atoms with Crippen LogP contribution in [0.3, 0.4) is 0 Å². The second-order valence-electron chi connectivity index (χ2n) is 3.65. The van der Waals surface area contributed by atoms with E-state index >= 15 is 0 Å². The first kappa shape index (κ1) is 13.2. The molecule has 0 aliphatic rings. The van der Waals surface area contributed by atoms with Gasteiger partial charge < -0.3 is 11.1 Å². The monoisotopic (exact) mass is 325 g/mol. The summed E-state index contributed by atoms with van der Waals surface area (Å²) in [5, 5.41) is 4.85. The summed E-state index contributed by atoms with van der Waals surface area (Å²) in [6.45, 7) is 0.856. The van der Waals surface area contributed by atoms with Gasteiger partial charge in [-0.15, -0.1) is 11.3 Å². The topological polar surface area (TPSA) is 68.0 Å². The van der Waals surface area contributed by atoms with Gasteiger partial charge in [0.1, 0.15) is 0 Å². The molecule has 94 valence electrons. The average molecular weight is 326 g/mol. The van der Waals surface area contributed by atoms with Crippen LogP contribution in [0.25, 0.3) is 0 Å². The maximum absolute atomic E-state index is 11.9. The zero-order valence-corrected chi connectivity index (χ0v) is 11.9. The largest absolute Gasteiger partial charge is 0.347 e. The Kier molecular flexibility index (Phi) is 4.46. The van der Waals surface area contributed by atoms with Crippen LogP contribution in [0.4, 0.5) is 0 Å². The van der Waals surface area contributed by atoms with E-state index in [1.54, 1.807) is 29.7 Å². The summed E-state index contributed by atoms with van der Waals surface area (Å²) in [5.41, 5.74) is 6.78. The van der Waals surface area contributed by atoms with Gasteiger partial charge in [-0.3, -0.25) is 9.78 Å². The third kappa shape index (κ3) is 3.38. The van der Waals surface area contributed by atoms with E-state index in [4.69, 9.17) is 5.73 Å². The fourth-order valence-corrected chi connectivity index (χ4v) is 2.84. The summed E-state index contributed by atoms with van der Waals surface area (Å²) in [6, 6.07) is 5.38. The Labute approximate surface area is 117 Å². The highest BCUT2D eigenvalue weighted by Crippen LogP contribution is 2.19. The first-order valence-corrected chi connectivity index (χ1v) is 7.02. The van der Waals surface area contributed by atoms with E-state index in [1.807, 2.05) is 11.4 Å². The van der Waals surface area contributed by atoms with E-state index in [9.17, 15) is 4.79 Å². The first-order valence-electron chi connectivity index (χ1n) is 5.35. The Morgan fingerprint density at radius 1 is 1.50 bits per heavy atom. The summed E-state index contributed by atoms with van der Waals surface area (Å²) >= 11 is 4.98. The van der Waals surface area contributed by atoms with Crippen molar-refractivity contribution in [3.8, 4) is 0 Å². The van der Waals surface area contributed by atoms with Crippen LogP contribution in [0.5, 0.6) is 0 Å². The molecule has 0 aliphatic carbocycles. The van der Waals surface area contributed by atoms with E-state index < -0.39 is 0 Å². The Morgan fingerprint density at radius 2 is 2.33 bits per heavy atom. The zero-order valence-electron chi connectivity index (χ0n) is 9.52. The fourth-order valence-electron chi connectivity index (χ4n) is 1.45. The standard InChI is InChI=1S/C12H12BrN3OS/c13-9-4-11(18-7-9)6-16-12(17)8-1-2-15-10(3-8)5-14/h1-4,7H,5-6,14H2,(H,16,17). The summed E-state index contributed by atoms with van der Waals surface area (Å²) in [7, 11) is 0. The van der Waals surface area contributed by atoms with Crippen LogP contribution in [-0.4, -0.2) is 10.9 Å². The number of hydrogen-bond acceptors (Lipinski definition) is 4. The van der Waals surface area contributed by atoms with Gasteiger partial charge in [0, 0.05) is 33.0 Å². The Balaban J connectivity index is 1.99. The number of thiophene rings is 1. The van der Waals surface area contributed by atoms with Crippen molar-refractivity contribution in [2.24, 2.45) is 5.73 Å². The maximum atomic E-state index is 11.9. The number of carbonyl (C=O) groups is 1. The van der Waals surface area contributed by atoms with Crippen molar-refractivity contribution in [1.29, 1.82) is 0 Å². The Morgan fingerprint density at radius 3 is 3.00 bits per heavy atom. The average Bonchev–Trinajstić information content (AvgIpc) is 2.82. The van der Waals surface area contributed by atoms with E-state index in [0.29, 0.717) is 24.3 Å². The molecule has 2 rings (SSSR count). The highest BCUT2D eigenvalue weighted by Gasteiger charge is 2.07. The van der Waals surface area contributed by atoms with Crippen molar-refractivity contribution in [3.63, 3.8) is 0 Å². The number of nitrogens with zero attached hydrogens (tertiary/aromatic N) is 1. The molecule has 0 aliphatic heterocycles. The summed E-state index contributed by atoms with van der Waals surface area (Å²) in [5.74, 6) is -0.114. The van der Waals surface area contributed by atoms with Crippen LogP contribution in [0, 0.1) is 0 Å². The molecular weight excluding hydrogens is 314 g/mol. The minimum Gasteiger partial charge on any atom is -0.347 e. The summed E-state index contributed by atoms with van der Waals surface area (Å²) in [6.07, 6.45) is 1.60. The van der Waals surface area contributed by atoms with Gasteiger partial charge in [0.15, 0.2) is 0 Å². The van der Waals surface area contributed by atoms with Gasteiger partial charge in [0.25, 0.3) is 5.91 Å². The molecule has 0 fully saturated rings. The van der Waals surface area contributed by atoms with Crippen LogP contribution in [-0.2, 0) is 13.1 Å². The van der Waals surface area contributed by atoms with Gasteiger partial charge in [-0.2, -0.15) is 0 Å². The number of hydrogen-bond donors (Lipinski definition) is 2. The van der Waals surface area contributed by atoms with Gasteiger partial charge in [-0.05, 0) is 34.1 Å². The number of pyridine rings is 1.